The fourth-order valence-corrected chi connectivity index (χ4v) is 2.30. The summed E-state index contributed by atoms with van der Waals surface area (Å²) in [5, 5.41) is 9.92. The lowest BCUT2D eigenvalue weighted by Gasteiger charge is -2.23. The first-order valence-corrected chi connectivity index (χ1v) is 7.30. The highest BCUT2D eigenvalue weighted by Crippen LogP contribution is 2.14. The van der Waals surface area contributed by atoms with E-state index >= 15 is 0 Å². The lowest BCUT2D eigenvalue weighted by molar-refractivity contribution is -0.165. The van der Waals surface area contributed by atoms with Gasteiger partial charge in [0.2, 0.25) is 0 Å². The van der Waals surface area contributed by atoms with Crippen LogP contribution in [0.5, 0.6) is 0 Å². The molecule has 0 aromatic heterocycles. The minimum absolute atomic E-state index is 0.0462. The number of hydrogen-bond donors (Lipinski definition) is 1. The second kappa shape index (κ2) is 8.31. The third-order valence-electron chi connectivity index (χ3n) is 3.50. The molecule has 1 aliphatic heterocycles. The van der Waals surface area contributed by atoms with E-state index in [0.29, 0.717) is 13.0 Å². The molecule has 0 bridgehead atoms. The molecule has 0 saturated carbocycles. The Balaban J connectivity index is 1.55. The van der Waals surface area contributed by atoms with Crippen LogP contribution in [0.4, 0.5) is 0 Å². The number of aliphatic hydroxyl groups is 1. The van der Waals surface area contributed by atoms with E-state index in [-0.39, 0.29) is 12.4 Å². The van der Waals surface area contributed by atoms with E-state index in [1.807, 2.05) is 18.2 Å². The molecular formula is C16H24O3. The first-order chi connectivity index (χ1) is 9.34. The Kier molecular flexibility index (Phi) is 6.34. The lowest BCUT2D eigenvalue weighted by Crippen LogP contribution is -2.24. The Morgan fingerprint density at radius 2 is 2.05 bits per heavy atom. The van der Waals surface area contributed by atoms with Crippen molar-refractivity contribution in [1.29, 1.82) is 0 Å². The van der Waals surface area contributed by atoms with Crippen LogP contribution in [0.15, 0.2) is 30.3 Å². The third kappa shape index (κ3) is 5.72. The van der Waals surface area contributed by atoms with E-state index < -0.39 is 0 Å². The molecule has 3 nitrogen and oxygen atoms in total. The molecule has 0 aliphatic carbocycles. The summed E-state index contributed by atoms with van der Waals surface area (Å²) < 4.78 is 11.1. The van der Waals surface area contributed by atoms with Gasteiger partial charge in [-0.15, -0.1) is 0 Å². The Hall–Kier alpha value is -0.900. The molecule has 0 amide bonds. The van der Waals surface area contributed by atoms with Crippen molar-refractivity contribution in [2.45, 2.75) is 50.9 Å². The van der Waals surface area contributed by atoms with Crippen LogP contribution in [-0.2, 0) is 15.9 Å². The van der Waals surface area contributed by atoms with Gasteiger partial charge in [0.25, 0.3) is 0 Å². The van der Waals surface area contributed by atoms with Gasteiger partial charge in [0.1, 0.15) is 0 Å². The van der Waals surface area contributed by atoms with Crippen LogP contribution in [-0.4, -0.2) is 30.7 Å². The van der Waals surface area contributed by atoms with Gasteiger partial charge in [0, 0.05) is 6.61 Å². The molecule has 0 spiro atoms. The largest absolute Gasteiger partial charge is 0.393 e. The summed E-state index contributed by atoms with van der Waals surface area (Å²) in [6, 6.07) is 10.3. The zero-order valence-corrected chi connectivity index (χ0v) is 11.5. The second-order valence-electron chi connectivity index (χ2n) is 5.13. The van der Waals surface area contributed by atoms with Gasteiger partial charge in [0.15, 0.2) is 6.29 Å². The van der Waals surface area contributed by atoms with E-state index in [4.69, 9.17) is 9.47 Å². The molecule has 1 saturated heterocycles. The van der Waals surface area contributed by atoms with Crippen LogP contribution >= 0.6 is 0 Å². The van der Waals surface area contributed by atoms with E-state index in [2.05, 4.69) is 12.1 Å². The molecule has 3 heteroatoms. The number of ether oxygens (including phenoxy) is 2. The maximum Gasteiger partial charge on any atom is 0.157 e. The number of aryl methyl sites for hydroxylation is 1. The number of benzene rings is 1. The fourth-order valence-electron chi connectivity index (χ4n) is 2.30. The molecule has 1 aliphatic rings. The summed E-state index contributed by atoms with van der Waals surface area (Å²) in [4.78, 5) is 0. The highest BCUT2D eigenvalue weighted by Gasteiger charge is 2.14. The molecule has 2 atom stereocenters. The topological polar surface area (TPSA) is 38.7 Å². The Morgan fingerprint density at radius 3 is 2.79 bits per heavy atom. The van der Waals surface area contributed by atoms with E-state index in [1.165, 1.54) is 12.0 Å². The molecule has 19 heavy (non-hydrogen) atoms. The van der Waals surface area contributed by atoms with Gasteiger partial charge in [-0.1, -0.05) is 30.3 Å². The smallest absolute Gasteiger partial charge is 0.157 e. The molecule has 2 rings (SSSR count). The quantitative estimate of drug-likeness (QED) is 0.823. The third-order valence-corrected chi connectivity index (χ3v) is 3.50. The van der Waals surface area contributed by atoms with Crippen molar-refractivity contribution in [1.82, 2.24) is 0 Å². The van der Waals surface area contributed by atoms with Crippen molar-refractivity contribution in [2.24, 2.45) is 0 Å². The van der Waals surface area contributed by atoms with Gasteiger partial charge >= 0.3 is 0 Å². The summed E-state index contributed by atoms with van der Waals surface area (Å²) in [5.74, 6) is 0. The van der Waals surface area contributed by atoms with E-state index in [0.717, 1.165) is 32.3 Å². The average molecular weight is 264 g/mol. The maximum absolute atomic E-state index is 9.92. The zero-order chi connectivity index (χ0) is 13.3. The van der Waals surface area contributed by atoms with Gasteiger partial charge in [-0.05, 0) is 44.1 Å². The zero-order valence-electron chi connectivity index (χ0n) is 11.5. The van der Waals surface area contributed by atoms with Gasteiger partial charge < -0.3 is 14.6 Å². The van der Waals surface area contributed by atoms with Gasteiger partial charge in [-0.3, -0.25) is 0 Å². The summed E-state index contributed by atoms with van der Waals surface area (Å²) >= 11 is 0. The monoisotopic (exact) mass is 264 g/mol. The van der Waals surface area contributed by atoms with Crippen molar-refractivity contribution < 1.29 is 14.6 Å². The first-order valence-electron chi connectivity index (χ1n) is 7.30. The SMILES string of the molecule is O[C@@H](CCOC1CCCCO1)CCc1ccccc1. The summed E-state index contributed by atoms with van der Waals surface area (Å²) in [7, 11) is 0. The fraction of sp³-hybridized carbons (Fsp3) is 0.625. The Labute approximate surface area is 115 Å². The van der Waals surface area contributed by atoms with Crippen LogP contribution in [0.2, 0.25) is 0 Å². The van der Waals surface area contributed by atoms with Crippen LogP contribution < -0.4 is 0 Å². The molecular weight excluding hydrogens is 240 g/mol. The molecule has 1 N–H and O–H groups in total. The highest BCUT2D eigenvalue weighted by atomic mass is 16.7. The summed E-state index contributed by atoms with van der Waals surface area (Å²) in [5.41, 5.74) is 1.28. The van der Waals surface area contributed by atoms with Crippen LogP contribution in [0, 0.1) is 0 Å². The van der Waals surface area contributed by atoms with Crippen molar-refractivity contribution in [3.05, 3.63) is 35.9 Å². The van der Waals surface area contributed by atoms with Gasteiger partial charge in [-0.25, -0.2) is 0 Å². The van der Waals surface area contributed by atoms with Crippen LogP contribution in [0.3, 0.4) is 0 Å². The maximum atomic E-state index is 9.92. The van der Waals surface area contributed by atoms with Crippen molar-refractivity contribution in [3.63, 3.8) is 0 Å². The van der Waals surface area contributed by atoms with Gasteiger partial charge in [0.05, 0.1) is 12.7 Å². The molecule has 1 fully saturated rings. The number of rotatable bonds is 7. The van der Waals surface area contributed by atoms with Crippen molar-refractivity contribution in [2.75, 3.05) is 13.2 Å². The van der Waals surface area contributed by atoms with Crippen LogP contribution in [0.25, 0.3) is 0 Å². The second-order valence-corrected chi connectivity index (χ2v) is 5.13. The molecule has 1 heterocycles. The van der Waals surface area contributed by atoms with Crippen molar-refractivity contribution >= 4 is 0 Å². The number of aliphatic hydroxyl groups excluding tert-OH is 1. The Bertz CT molecular complexity index is 333. The minimum atomic E-state index is -0.288. The van der Waals surface area contributed by atoms with E-state index in [9.17, 15) is 5.11 Å². The molecule has 1 aromatic carbocycles. The molecule has 106 valence electrons. The van der Waals surface area contributed by atoms with Gasteiger partial charge in [-0.2, -0.15) is 0 Å². The summed E-state index contributed by atoms with van der Waals surface area (Å²) in [6.07, 6.45) is 5.37. The predicted octanol–water partition coefficient (Wildman–Crippen LogP) is 2.91. The summed E-state index contributed by atoms with van der Waals surface area (Å²) in [6.45, 7) is 1.39. The number of hydrogen-bond acceptors (Lipinski definition) is 3. The first kappa shape index (κ1) is 14.5. The molecule has 1 unspecified atom stereocenters. The standard InChI is InChI=1S/C16H24O3/c17-15(10-9-14-6-2-1-3-7-14)11-13-19-16-8-4-5-12-18-16/h1-3,6-7,15-17H,4-5,8-13H2/t15-,16?/m1/s1. The predicted molar refractivity (Wildman–Crippen MR) is 74.9 cm³/mol. The van der Waals surface area contributed by atoms with Crippen LogP contribution in [0.1, 0.15) is 37.7 Å². The normalized spacial score (nSPS) is 21.2. The van der Waals surface area contributed by atoms with E-state index in [1.54, 1.807) is 0 Å². The highest BCUT2D eigenvalue weighted by molar-refractivity contribution is 5.14. The lowest BCUT2D eigenvalue weighted by atomic mass is 10.1. The average Bonchev–Trinajstić information content (AvgIpc) is 2.47. The molecule has 0 radical (unpaired) electrons. The molecule has 1 aromatic rings. The Morgan fingerprint density at radius 1 is 1.21 bits per heavy atom. The van der Waals surface area contributed by atoms with Crippen molar-refractivity contribution in [3.8, 4) is 0 Å². The minimum Gasteiger partial charge on any atom is -0.393 e.